The van der Waals surface area contributed by atoms with E-state index in [9.17, 15) is 17.6 Å². The summed E-state index contributed by atoms with van der Waals surface area (Å²) in [5.74, 6) is 0.297. The highest BCUT2D eigenvalue weighted by molar-refractivity contribution is 7.91. The van der Waals surface area contributed by atoms with Crippen LogP contribution < -0.4 is 5.32 Å². The highest BCUT2D eigenvalue weighted by Gasteiger charge is 2.27. The molecule has 0 radical (unpaired) electrons. The van der Waals surface area contributed by atoms with Crippen LogP contribution in [0.5, 0.6) is 0 Å². The summed E-state index contributed by atoms with van der Waals surface area (Å²) in [5.41, 5.74) is 0.798. The van der Waals surface area contributed by atoms with Crippen LogP contribution in [0.4, 0.5) is 4.39 Å². The minimum absolute atomic E-state index is 0.0832. The van der Waals surface area contributed by atoms with Gasteiger partial charge in [-0.05, 0) is 42.9 Å². The predicted molar refractivity (Wildman–Crippen MR) is 79.1 cm³/mol. The van der Waals surface area contributed by atoms with Gasteiger partial charge in [-0.2, -0.15) is 0 Å². The molecule has 4 nitrogen and oxygen atoms in total. The number of hydrogen-bond donors (Lipinski definition) is 1. The lowest BCUT2D eigenvalue weighted by atomic mass is 10.1. The number of sulfone groups is 1. The molecule has 1 heterocycles. The quantitative estimate of drug-likeness (QED) is 0.869. The van der Waals surface area contributed by atoms with Gasteiger partial charge in [0, 0.05) is 13.0 Å². The Kier molecular flexibility index (Phi) is 5.33. The fourth-order valence-corrected chi connectivity index (χ4v) is 4.46. The van der Waals surface area contributed by atoms with Crippen molar-refractivity contribution >= 4 is 15.7 Å². The predicted octanol–water partition coefficient (Wildman–Crippen LogP) is 1.70. The molecule has 1 unspecified atom stereocenters. The van der Waals surface area contributed by atoms with Crippen LogP contribution in [0.1, 0.15) is 24.8 Å². The minimum Gasteiger partial charge on any atom is -0.356 e. The number of benzene rings is 1. The molecule has 0 saturated carbocycles. The summed E-state index contributed by atoms with van der Waals surface area (Å²) in [5, 5.41) is 2.79. The number of amides is 1. The molecule has 1 aliphatic rings. The summed E-state index contributed by atoms with van der Waals surface area (Å²) in [6, 6.07) is 6.22. The first-order valence-corrected chi connectivity index (χ1v) is 8.98. The number of nitrogens with one attached hydrogen (secondary N) is 1. The molecule has 0 aliphatic carbocycles. The third kappa shape index (κ3) is 5.46. The van der Waals surface area contributed by atoms with Crippen LogP contribution in [-0.2, 0) is 21.1 Å². The Bertz CT molecular complexity index is 601. The third-order valence-electron chi connectivity index (χ3n) is 3.73. The first-order valence-electron chi connectivity index (χ1n) is 7.16. The molecule has 1 aromatic rings. The standard InChI is InChI=1S/C15H20FNO3S/c16-14-3-1-2-12(10-14)4-5-15(18)17-8-6-13-7-9-21(19,20)11-13/h1-3,10,13H,4-9,11H2,(H,17,18). The fraction of sp³-hybridized carbons (Fsp3) is 0.533. The zero-order chi connectivity index (χ0) is 15.3. The van der Waals surface area contributed by atoms with Gasteiger partial charge >= 0.3 is 0 Å². The van der Waals surface area contributed by atoms with Crippen LogP contribution in [0, 0.1) is 11.7 Å². The van der Waals surface area contributed by atoms with Crippen molar-refractivity contribution in [3.8, 4) is 0 Å². The maximum Gasteiger partial charge on any atom is 0.220 e. The number of hydrogen-bond acceptors (Lipinski definition) is 3. The van der Waals surface area contributed by atoms with E-state index in [4.69, 9.17) is 0 Å². The first-order chi connectivity index (χ1) is 9.94. The van der Waals surface area contributed by atoms with Crippen molar-refractivity contribution in [1.82, 2.24) is 5.32 Å². The van der Waals surface area contributed by atoms with Crippen LogP contribution >= 0.6 is 0 Å². The average Bonchev–Trinajstić information content (AvgIpc) is 2.76. The second kappa shape index (κ2) is 7.02. The molecule has 6 heteroatoms. The van der Waals surface area contributed by atoms with Gasteiger partial charge in [-0.1, -0.05) is 12.1 Å². The van der Waals surface area contributed by atoms with Gasteiger partial charge in [0.1, 0.15) is 5.82 Å². The normalized spacial score (nSPS) is 20.3. The topological polar surface area (TPSA) is 63.2 Å². The van der Waals surface area contributed by atoms with Crippen LogP contribution in [0.25, 0.3) is 0 Å². The van der Waals surface area contributed by atoms with Gasteiger partial charge in [0.05, 0.1) is 11.5 Å². The molecule has 116 valence electrons. The molecule has 1 aromatic carbocycles. The molecule has 0 bridgehead atoms. The SMILES string of the molecule is O=C(CCc1cccc(F)c1)NCCC1CCS(=O)(=O)C1. The molecule has 21 heavy (non-hydrogen) atoms. The second-order valence-corrected chi connectivity index (χ2v) is 7.77. The van der Waals surface area contributed by atoms with Gasteiger partial charge in [0.15, 0.2) is 9.84 Å². The van der Waals surface area contributed by atoms with Crippen LogP contribution in [0.15, 0.2) is 24.3 Å². The van der Waals surface area contributed by atoms with E-state index in [2.05, 4.69) is 5.32 Å². The Morgan fingerprint density at radius 3 is 2.86 bits per heavy atom. The Labute approximate surface area is 124 Å². The number of rotatable bonds is 6. The Morgan fingerprint density at radius 2 is 2.19 bits per heavy atom. The molecule has 1 fully saturated rings. The summed E-state index contributed by atoms with van der Waals surface area (Å²) in [6.07, 6.45) is 2.21. The van der Waals surface area contributed by atoms with Crippen molar-refractivity contribution in [3.05, 3.63) is 35.6 Å². The van der Waals surface area contributed by atoms with E-state index < -0.39 is 9.84 Å². The van der Waals surface area contributed by atoms with Crippen molar-refractivity contribution in [2.75, 3.05) is 18.1 Å². The first kappa shape index (κ1) is 15.9. The van der Waals surface area contributed by atoms with E-state index in [0.29, 0.717) is 32.2 Å². The zero-order valence-corrected chi connectivity index (χ0v) is 12.7. The molecule has 1 atom stereocenters. The van der Waals surface area contributed by atoms with Crippen LogP contribution in [0.3, 0.4) is 0 Å². The van der Waals surface area contributed by atoms with E-state index in [1.807, 2.05) is 0 Å². The van der Waals surface area contributed by atoms with E-state index >= 15 is 0 Å². The molecule has 1 amide bonds. The van der Waals surface area contributed by atoms with E-state index in [1.54, 1.807) is 12.1 Å². The molecular formula is C15H20FNO3S. The summed E-state index contributed by atoms with van der Waals surface area (Å²) in [6.45, 7) is 0.502. The molecule has 2 rings (SSSR count). The Hall–Kier alpha value is -1.43. The summed E-state index contributed by atoms with van der Waals surface area (Å²) < 4.78 is 35.6. The summed E-state index contributed by atoms with van der Waals surface area (Å²) in [4.78, 5) is 11.7. The van der Waals surface area contributed by atoms with Gasteiger partial charge in [-0.25, -0.2) is 12.8 Å². The van der Waals surface area contributed by atoms with Gasteiger partial charge in [0.2, 0.25) is 5.91 Å². The fourth-order valence-electron chi connectivity index (χ4n) is 2.55. The third-order valence-corrected chi connectivity index (χ3v) is 5.57. The maximum absolute atomic E-state index is 13.0. The van der Waals surface area contributed by atoms with Crippen LogP contribution in [0.2, 0.25) is 0 Å². The Morgan fingerprint density at radius 1 is 1.38 bits per heavy atom. The highest BCUT2D eigenvalue weighted by Crippen LogP contribution is 2.20. The van der Waals surface area contributed by atoms with Crippen molar-refractivity contribution in [1.29, 1.82) is 0 Å². The van der Waals surface area contributed by atoms with Crippen molar-refractivity contribution < 1.29 is 17.6 Å². The van der Waals surface area contributed by atoms with Gasteiger partial charge < -0.3 is 5.32 Å². The molecule has 0 spiro atoms. The zero-order valence-electron chi connectivity index (χ0n) is 11.8. The van der Waals surface area contributed by atoms with E-state index in [1.165, 1.54) is 12.1 Å². The molecule has 1 saturated heterocycles. The largest absolute Gasteiger partial charge is 0.356 e. The second-order valence-electron chi connectivity index (χ2n) is 5.54. The molecule has 1 N–H and O–H groups in total. The van der Waals surface area contributed by atoms with Gasteiger partial charge in [-0.15, -0.1) is 0 Å². The highest BCUT2D eigenvalue weighted by atomic mass is 32.2. The number of carbonyl (C=O) groups is 1. The van der Waals surface area contributed by atoms with Crippen molar-refractivity contribution in [3.63, 3.8) is 0 Å². The minimum atomic E-state index is -2.84. The van der Waals surface area contributed by atoms with E-state index in [-0.39, 0.29) is 29.1 Å². The summed E-state index contributed by atoms with van der Waals surface area (Å²) in [7, 11) is -2.84. The smallest absolute Gasteiger partial charge is 0.220 e. The summed E-state index contributed by atoms with van der Waals surface area (Å²) >= 11 is 0. The van der Waals surface area contributed by atoms with Gasteiger partial charge in [0.25, 0.3) is 0 Å². The van der Waals surface area contributed by atoms with Gasteiger partial charge in [-0.3, -0.25) is 4.79 Å². The van der Waals surface area contributed by atoms with Crippen LogP contribution in [-0.4, -0.2) is 32.4 Å². The molecule has 1 aliphatic heterocycles. The number of halogens is 1. The molecule has 0 aromatic heterocycles. The lowest BCUT2D eigenvalue weighted by molar-refractivity contribution is -0.121. The van der Waals surface area contributed by atoms with Crippen molar-refractivity contribution in [2.45, 2.75) is 25.7 Å². The monoisotopic (exact) mass is 313 g/mol. The average molecular weight is 313 g/mol. The lowest BCUT2D eigenvalue weighted by Gasteiger charge is -2.09. The number of aryl methyl sites for hydroxylation is 1. The maximum atomic E-state index is 13.0. The molecular weight excluding hydrogens is 293 g/mol. The Balaban J connectivity index is 1.64. The van der Waals surface area contributed by atoms with E-state index in [0.717, 1.165) is 5.56 Å². The van der Waals surface area contributed by atoms with Crippen molar-refractivity contribution in [2.24, 2.45) is 5.92 Å². The lowest BCUT2D eigenvalue weighted by Crippen LogP contribution is -2.26. The number of carbonyl (C=O) groups excluding carboxylic acids is 1.